The predicted molar refractivity (Wildman–Crippen MR) is 169 cm³/mol. The van der Waals surface area contributed by atoms with Crippen LogP contribution in [0, 0.1) is 23.2 Å². The number of hydrogen-bond acceptors (Lipinski definition) is 2. The summed E-state index contributed by atoms with van der Waals surface area (Å²) in [5.74, 6) is 0.333. The molecule has 3 aromatic carbocycles. The first kappa shape index (κ1) is 24.4. The summed E-state index contributed by atoms with van der Waals surface area (Å²) in [7, 11) is 0. The van der Waals surface area contributed by atoms with E-state index in [0.29, 0.717) is 5.92 Å². The molecule has 0 aromatic heterocycles. The third-order valence-electron chi connectivity index (χ3n) is 10.1. The maximum absolute atomic E-state index is 9.69. The molecule has 200 valence electrons. The van der Waals surface area contributed by atoms with Crippen LogP contribution >= 0.6 is 0 Å². The maximum atomic E-state index is 9.69. The molecular formula is C39H34N2. The summed E-state index contributed by atoms with van der Waals surface area (Å²) in [6.07, 6.45) is 22.8. The summed E-state index contributed by atoms with van der Waals surface area (Å²) in [5.41, 5.74) is 12.4. The quantitative estimate of drug-likeness (QED) is 0.315. The van der Waals surface area contributed by atoms with Gasteiger partial charge < -0.3 is 4.90 Å². The smallest absolute Gasteiger partial charge is 0.0712 e. The van der Waals surface area contributed by atoms with Crippen molar-refractivity contribution in [2.45, 2.75) is 50.0 Å². The van der Waals surface area contributed by atoms with Crippen molar-refractivity contribution in [1.29, 1.82) is 5.26 Å². The van der Waals surface area contributed by atoms with E-state index in [4.69, 9.17) is 0 Å². The van der Waals surface area contributed by atoms with Gasteiger partial charge in [-0.2, -0.15) is 5.26 Å². The number of benzene rings is 3. The summed E-state index contributed by atoms with van der Waals surface area (Å²) >= 11 is 0. The highest BCUT2D eigenvalue weighted by molar-refractivity contribution is 5.91. The van der Waals surface area contributed by atoms with E-state index < -0.39 is 0 Å². The van der Waals surface area contributed by atoms with Gasteiger partial charge in [-0.1, -0.05) is 91.1 Å². The monoisotopic (exact) mass is 530 g/mol. The number of fused-ring (bicyclic) bond motifs is 5. The molecule has 0 fully saturated rings. The molecule has 2 heteroatoms. The van der Waals surface area contributed by atoms with E-state index in [1.165, 1.54) is 44.8 Å². The lowest BCUT2D eigenvalue weighted by Crippen LogP contribution is -2.38. The average molecular weight is 531 g/mol. The van der Waals surface area contributed by atoms with Crippen molar-refractivity contribution in [3.63, 3.8) is 0 Å². The van der Waals surface area contributed by atoms with Crippen LogP contribution < -0.4 is 4.90 Å². The lowest BCUT2D eigenvalue weighted by Gasteiger charge is -2.44. The molecule has 0 amide bonds. The van der Waals surface area contributed by atoms with Gasteiger partial charge >= 0.3 is 0 Å². The van der Waals surface area contributed by atoms with Gasteiger partial charge in [0.25, 0.3) is 0 Å². The third-order valence-corrected chi connectivity index (χ3v) is 10.1. The molecule has 4 unspecified atom stereocenters. The van der Waals surface area contributed by atoms with Gasteiger partial charge in [-0.15, -0.1) is 0 Å². The van der Waals surface area contributed by atoms with Gasteiger partial charge in [-0.05, 0) is 102 Å². The normalized spacial score (nSPS) is 27.4. The van der Waals surface area contributed by atoms with Crippen molar-refractivity contribution < 1.29 is 0 Å². The predicted octanol–water partition coefficient (Wildman–Crippen LogP) is 9.45. The minimum Gasteiger partial charge on any atom is -0.330 e. The molecule has 0 N–H and O–H groups in total. The van der Waals surface area contributed by atoms with Gasteiger partial charge in [0.05, 0.1) is 18.0 Å². The standard InChI is InChI=1S/C39H34N2/c40-26-27-18-20-29(21-19-27)39(36-16-8-6-14-33(36)34-15-7-9-17-37(34)39)30-22-23-38-35(25-30)28-10-4-5-13-32(24-28)41(38)31-11-2-1-3-12-31/h1-3,5-8,11-16,18,20,22-25,27,29,32H,4,9-10,17,19,21H2. The second kappa shape index (κ2) is 9.64. The van der Waals surface area contributed by atoms with Crippen molar-refractivity contribution in [2.75, 3.05) is 4.90 Å². The molecule has 0 saturated heterocycles. The lowest BCUT2D eigenvalue weighted by atomic mass is 9.59. The summed E-state index contributed by atoms with van der Waals surface area (Å²) in [4.78, 5) is 2.51. The van der Waals surface area contributed by atoms with E-state index in [1.807, 2.05) is 0 Å². The highest BCUT2D eigenvalue weighted by Gasteiger charge is 2.51. The van der Waals surface area contributed by atoms with Gasteiger partial charge in [0.2, 0.25) is 0 Å². The highest BCUT2D eigenvalue weighted by Crippen LogP contribution is 2.60. The molecule has 5 aliphatic rings. The molecule has 0 radical (unpaired) electrons. The molecule has 8 rings (SSSR count). The fraction of sp³-hybridized carbons (Fsp3) is 0.256. The number of para-hydroxylation sites is 1. The molecule has 2 nitrogen and oxygen atoms in total. The van der Waals surface area contributed by atoms with Gasteiger partial charge in [0, 0.05) is 22.4 Å². The van der Waals surface area contributed by atoms with Gasteiger partial charge in [0.1, 0.15) is 0 Å². The Kier molecular flexibility index (Phi) is 5.75. The average Bonchev–Trinajstić information content (AvgIpc) is 3.17. The number of rotatable bonds is 3. The van der Waals surface area contributed by atoms with E-state index in [9.17, 15) is 5.26 Å². The number of nitrogens with zero attached hydrogens (tertiary/aromatic N) is 2. The molecule has 4 atom stereocenters. The summed E-state index contributed by atoms with van der Waals surface area (Å²) in [6.45, 7) is 0. The van der Waals surface area contributed by atoms with Crippen LogP contribution in [0.1, 0.15) is 60.8 Å². The van der Waals surface area contributed by atoms with Crippen LogP contribution in [0.4, 0.5) is 11.4 Å². The van der Waals surface area contributed by atoms with E-state index in [0.717, 1.165) is 38.5 Å². The highest BCUT2D eigenvalue weighted by atomic mass is 15.2. The van der Waals surface area contributed by atoms with Crippen LogP contribution in [0.15, 0.2) is 121 Å². The first-order valence-electron chi connectivity index (χ1n) is 15.2. The first-order valence-corrected chi connectivity index (χ1v) is 15.2. The van der Waals surface area contributed by atoms with Crippen LogP contribution in [-0.4, -0.2) is 6.04 Å². The minimum atomic E-state index is -0.222. The Morgan fingerprint density at radius 3 is 2.51 bits per heavy atom. The van der Waals surface area contributed by atoms with E-state index in [-0.39, 0.29) is 17.4 Å². The molecule has 1 heterocycles. The molecule has 2 bridgehead atoms. The fourth-order valence-electron chi connectivity index (χ4n) is 8.32. The zero-order valence-electron chi connectivity index (χ0n) is 23.3. The Morgan fingerprint density at radius 2 is 1.66 bits per heavy atom. The maximum Gasteiger partial charge on any atom is 0.0712 e. The summed E-state index contributed by atoms with van der Waals surface area (Å²) < 4.78 is 0. The van der Waals surface area contributed by atoms with E-state index in [1.54, 1.807) is 5.57 Å². The van der Waals surface area contributed by atoms with Crippen molar-refractivity contribution in [3.8, 4) is 6.07 Å². The molecule has 3 aromatic rings. The minimum absolute atomic E-state index is 0.0168. The van der Waals surface area contributed by atoms with Crippen LogP contribution in [0.3, 0.4) is 0 Å². The van der Waals surface area contributed by atoms with Crippen LogP contribution in [0.5, 0.6) is 0 Å². The molecular weight excluding hydrogens is 496 g/mol. The Labute approximate surface area is 243 Å². The van der Waals surface area contributed by atoms with Gasteiger partial charge in [-0.25, -0.2) is 0 Å². The number of nitriles is 1. The fourth-order valence-corrected chi connectivity index (χ4v) is 8.32. The number of hydrogen-bond donors (Lipinski definition) is 0. The topological polar surface area (TPSA) is 27.0 Å². The summed E-state index contributed by atoms with van der Waals surface area (Å²) in [6, 6.07) is 30.1. The van der Waals surface area contributed by atoms with Crippen molar-refractivity contribution in [3.05, 3.63) is 143 Å². The summed E-state index contributed by atoms with van der Waals surface area (Å²) in [5, 5.41) is 9.69. The first-order chi connectivity index (χ1) is 20.3. The molecule has 0 spiro atoms. The second-order valence-electron chi connectivity index (χ2n) is 12.1. The van der Waals surface area contributed by atoms with Crippen molar-refractivity contribution in [1.82, 2.24) is 0 Å². The van der Waals surface area contributed by atoms with Gasteiger partial charge in [-0.3, -0.25) is 0 Å². The largest absolute Gasteiger partial charge is 0.330 e. The Hall–Kier alpha value is -4.35. The number of allylic oxidation sites excluding steroid dienone is 8. The Bertz CT molecular complexity index is 1730. The van der Waals surface area contributed by atoms with Crippen LogP contribution in [0.25, 0.3) is 11.1 Å². The van der Waals surface area contributed by atoms with Crippen LogP contribution in [0.2, 0.25) is 0 Å². The Morgan fingerprint density at radius 1 is 0.805 bits per heavy atom. The second-order valence-corrected chi connectivity index (χ2v) is 12.1. The Balaban J connectivity index is 1.38. The lowest BCUT2D eigenvalue weighted by molar-refractivity contribution is 0.375. The van der Waals surface area contributed by atoms with Crippen molar-refractivity contribution in [2.24, 2.45) is 11.8 Å². The molecule has 4 aliphatic carbocycles. The third kappa shape index (κ3) is 3.62. The molecule has 41 heavy (non-hydrogen) atoms. The van der Waals surface area contributed by atoms with Crippen LogP contribution in [-0.2, 0) is 5.41 Å². The van der Waals surface area contributed by atoms with E-state index in [2.05, 4.69) is 126 Å². The zero-order chi connectivity index (χ0) is 27.4. The number of anilines is 2. The van der Waals surface area contributed by atoms with Crippen molar-refractivity contribution >= 4 is 22.5 Å². The molecule has 0 saturated carbocycles. The SMILES string of the molecule is N#CC1C=CC(C2(c3ccc4c(c3)C3=CC(C=CCC3)N4c3ccccc3)C3=C(C=CCC3)c3ccccc32)CC1. The van der Waals surface area contributed by atoms with Gasteiger partial charge in [0.15, 0.2) is 0 Å². The van der Waals surface area contributed by atoms with E-state index >= 15 is 0 Å². The zero-order valence-corrected chi connectivity index (χ0v) is 23.3. The molecule has 1 aliphatic heterocycles.